The zero-order valence-corrected chi connectivity index (χ0v) is 11.3. The summed E-state index contributed by atoms with van der Waals surface area (Å²) in [5.74, 6) is -6.82. The van der Waals surface area contributed by atoms with Crippen LogP contribution in [0, 0.1) is 26.7 Å². The van der Waals surface area contributed by atoms with Gasteiger partial charge in [0, 0.05) is 0 Å². The number of esters is 1. The molecule has 2 nitrogen and oxygen atoms in total. The molecule has 1 rings (SSSR count). The first-order valence-electron chi connectivity index (χ1n) is 5.77. The molecule has 0 saturated heterocycles. The Morgan fingerprint density at radius 3 is 1.81 bits per heavy atom. The van der Waals surface area contributed by atoms with Crippen LogP contribution in [0.4, 0.5) is 26.3 Å². The number of carbonyl (C=O) groups is 1. The molecule has 0 unspecified atom stereocenters. The number of carbonyl (C=O) groups excluding carboxylic acids is 1. The van der Waals surface area contributed by atoms with Gasteiger partial charge in [0.25, 0.3) is 0 Å². The minimum absolute atomic E-state index is 0.273. The van der Waals surface area contributed by atoms with E-state index < -0.39 is 24.2 Å². The molecular weight excluding hydrogens is 302 g/mol. The highest BCUT2D eigenvalue weighted by atomic mass is 19.4. The molecule has 118 valence electrons. The summed E-state index contributed by atoms with van der Waals surface area (Å²) in [4.78, 5) is 11.4. The van der Waals surface area contributed by atoms with Crippen LogP contribution in [0.2, 0.25) is 0 Å². The lowest BCUT2D eigenvalue weighted by atomic mass is 10.0. The molecule has 0 aliphatic carbocycles. The number of alkyl halides is 6. The van der Waals surface area contributed by atoms with Gasteiger partial charge in [-0.3, -0.25) is 4.79 Å². The van der Waals surface area contributed by atoms with E-state index in [-0.39, 0.29) is 11.3 Å². The minimum Gasteiger partial charge on any atom is -0.425 e. The average Bonchev–Trinajstić information content (AvgIpc) is 2.25. The maximum absolute atomic E-state index is 12.4. The largest absolute Gasteiger partial charge is 0.425 e. The van der Waals surface area contributed by atoms with Gasteiger partial charge >= 0.3 is 18.3 Å². The van der Waals surface area contributed by atoms with Gasteiger partial charge in [0.05, 0.1) is 0 Å². The fraction of sp³-hybridized carbons (Fsp3) is 0.462. The Hall–Kier alpha value is -1.73. The maximum atomic E-state index is 12.4. The summed E-state index contributed by atoms with van der Waals surface area (Å²) in [6, 6.07) is 3.06. The molecule has 0 aliphatic rings. The van der Waals surface area contributed by atoms with Gasteiger partial charge in [-0.05, 0) is 37.5 Å². The van der Waals surface area contributed by atoms with E-state index in [1.54, 1.807) is 13.0 Å². The van der Waals surface area contributed by atoms with Crippen LogP contribution in [0.25, 0.3) is 0 Å². The first-order valence-corrected chi connectivity index (χ1v) is 5.77. The first-order chi connectivity index (χ1) is 9.35. The van der Waals surface area contributed by atoms with Crippen LogP contribution in [-0.4, -0.2) is 18.3 Å². The highest BCUT2D eigenvalue weighted by Crippen LogP contribution is 2.40. The Bertz CT molecular complexity index is 531. The lowest BCUT2D eigenvalue weighted by Gasteiger charge is -2.22. The summed E-state index contributed by atoms with van der Waals surface area (Å²) >= 11 is 0. The SMILES string of the molecule is Cc1ccc(C)c(OC(=O)C(C(F)(F)F)C(F)(F)F)c1C. The van der Waals surface area contributed by atoms with Crippen molar-refractivity contribution in [2.45, 2.75) is 33.1 Å². The number of halogens is 6. The third kappa shape index (κ3) is 3.89. The highest BCUT2D eigenvalue weighted by Gasteiger charge is 2.62. The molecule has 0 atom stereocenters. The molecular formula is C13H12F6O2. The molecule has 1 aromatic carbocycles. The van der Waals surface area contributed by atoms with E-state index in [1.807, 2.05) is 0 Å². The third-order valence-electron chi connectivity index (χ3n) is 2.97. The second-order valence-electron chi connectivity index (χ2n) is 4.59. The topological polar surface area (TPSA) is 26.3 Å². The molecule has 0 spiro atoms. The van der Waals surface area contributed by atoms with Gasteiger partial charge in [0.2, 0.25) is 5.92 Å². The second-order valence-corrected chi connectivity index (χ2v) is 4.59. The molecule has 1 aromatic rings. The van der Waals surface area contributed by atoms with Crippen LogP contribution in [0.3, 0.4) is 0 Å². The summed E-state index contributed by atoms with van der Waals surface area (Å²) in [5.41, 5.74) is 1.17. The summed E-state index contributed by atoms with van der Waals surface area (Å²) in [7, 11) is 0. The Morgan fingerprint density at radius 2 is 1.38 bits per heavy atom. The van der Waals surface area contributed by atoms with Crippen molar-refractivity contribution in [2.24, 2.45) is 5.92 Å². The summed E-state index contributed by atoms with van der Waals surface area (Å²) < 4.78 is 79.0. The zero-order chi connectivity index (χ0) is 16.6. The van der Waals surface area contributed by atoms with E-state index >= 15 is 0 Å². The molecule has 0 heterocycles. The Kier molecular flexibility index (Phi) is 4.60. The lowest BCUT2D eigenvalue weighted by molar-refractivity contribution is -0.279. The van der Waals surface area contributed by atoms with Crippen LogP contribution < -0.4 is 4.74 Å². The standard InChI is InChI=1S/C13H12F6O2/c1-6-4-5-7(2)9(8(6)3)21-11(20)10(12(14,15)16)13(17,18)19/h4-5,10H,1-3H3. The Morgan fingerprint density at radius 1 is 0.952 bits per heavy atom. The predicted molar refractivity (Wildman–Crippen MR) is 61.9 cm³/mol. The van der Waals surface area contributed by atoms with E-state index in [1.165, 1.54) is 19.9 Å². The zero-order valence-electron chi connectivity index (χ0n) is 11.3. The van der Waals surface area contributed by atoms with Crippen molar-refractivity contribution in [2.75, 3.05) is 0 Å². The van der Waals surface area contributed by atoms with Crippen molar-refractivity contribution in [3.63, 3.8) is 0 Å². The maximum Gasteiger partial charge on any atom is 0.411 e. The van der Waals surface area contributed by atoms with E-state index in [2.05, 4.69) is 4.74 Å². The molecule has 0 fully saturated rings. The predicted octanol–water partition coefficient (Wildman–Crippen LogP) is 4.26. The summed E-state index contributed by atoms with van der Waals surface area (Å²) in [6.45, 7) is 4.46. The van der Waals surface area contributed by atoms with Gasteiger partial charge in [0.1, 0.15) is 5.75 Å². The van der Waals surface area contributed by atoms with Gasteiger partial charge in [-0.2, -0.15) is 26.3 Å². The average molecular weight is 314 g/mol. The Balaban J connectivity index is 3.18. The fourth-order valence-electron chi connectivity index (χ4n) is 1.69. The smallest absolute Gasteiger partial charge is 0.411 e. The highest BCUT2D eigenvalue weighted by molar-refractivity contribution is 5.77. The number of ether oxygens (including phenoxy) is 1. The molecule has 0 amide bonds. The normalized spacial score (nSPS) is 12.7. The molecule has 0 saturated carbocycles. The fourth-order valence-corrected chi connectivity index (χ4v) is 1.69. The van der Waals surface area contributed by atoms with Crippen LogP contribution in [0.1, 0.15) is 16.7 Å². The van der Waals surface area contributed by atoms with Gasteiger partial charge < -0.3 is 4.74 Å². The first kappa shape index (κ1) is 17.3. The van der Waals surface area contributed by atoms with Crippen LogP contribution in [0.5, 0.6) is 5.75 Å². The molecule has 8 heteroatoms. The van der Waals surface area contributed by atoms with E-state index in [0.29, 0.717) is 11.1 Å². The lowest BCUT2D eigenvalue weighted by Crippen LogP contribution is -2.44. The van der Waals surface area contributed by atoms with Crippen molar-refractivity contribution in [1.82, 2.24) is 0 Å². The molecule has 0 aliphatic heterocycles. The Labute approximate surface area is 116 Å². The number of aryl methyl sites for hydroxylation is 2. The van der Waals surface area contributed by atoms with Gasteiger partial charge in [0.15, 0.2) is 0 Å². The molecule has 0 aromatic heterocycles. The molecule has 0 N–H and O–H groups in total. The van der Waals surface area contributed by atoms with E-state index in [9.17, 15) is 31.1 Å². The van der Waals surface area contributed by atoms with Crippen molar-refractivity contribution >= 4 is 5.97 Å². The molecule has 0 bridgehead atoms. The number of benzene rings is 1. The van der Waals surface area contributed by atoms with E-state index in [4.69, 9.17) is 0 Å². The van der Waals surface area contributed by atoms with Crippen molar-refractivity contribution in [3.8, 4) is 5.75 Å². The van der Waals surface area contributed by atoms with Gasteiger partial charge in [-0.15, -0.1) is 0 Å². The number of rotatable bonds is 2. The second kappa shape index (κ2) is 5.57. The summed E-state index contributed by atoms with van der Waals surface area (Å²) in [5, 5.41) is 0. The monoisotopic (exact) mass is 314 g/mol. The van der Waals surface area contributed by atoms with Crippen molar-refractivity contribution in [3.05, 3.63) is 28.8 Å². The third-order valence-corrected chi connectivity index (χ3v) is 2.97. The molecule has 21 heavy (non-hydrogen) atoms. The minimum atomic E-state index is -5.76. The van der Waals surface area contributed by atoms with Crippen molar-refractivity contribution < 1.29 is 35.9 Å². The number of hydrogen-bond donors (Lipinski definition) is 0. The van der Waals surface area contributed by atoms with Gasteiger partial charge in [-0.1, -0.05) is 12.1 Å². The molecule has 0 radical (unpaired) electrons. The van der Waals surface area contributed by atoms with Crippen molar-refractivity contribution in [1.29, 1.82) is 0 Å². The van der Waals surface area contributed by atoms with Gasteiger partial charge in [-0.25, -0.2) is 0 Å². The quantitative estimate of drug-likeness (QED) is 0.463. The number of hydrogen-bond acceptors (Lipinski definition) is 2. The van der Waals surface area contributed by atoms with Crippen LogP contribution >= 0.6 is 0 Å². The van der Waals surface area contributed by atoms with Crippen LogP contribution in [0.15, 0.2) is 12.1 Å². The van der Waals surface area contributed by atoms with E-state index in [0.717, 1.165) is 0 Å². The van der Waals surface area contributed by atoms with Crippen LogP contribution in [-0.2, 0) is 4.79 Å². The summed E-state index contributed by atoms with van der Waals surface area (Å²) in [6.07, 6.45) is -11.5.